The number of anilines is 1. The van der Waals surface area contributed by atoms with Crippen molar-refractivity contribution in [2.24, 2.45) is 5.92 Å². The van der Waals surface area contributed by atoms with E-state index in [1.54, 1.807) is 7.11 Å². The molecule has 0 saturated carbocycles. The van der Waals surface area contributed by atoms with Crippen LogP contribution in [0.25, 0.3) is 0 Å². The second kappa shape index (κ2) is 9.26. The Kier molecular flexibility index (Phi) is 6.78. The van der Waals surface area contributed by atoms with Crippen molar-refractivity contribution < 1.29 is 9.53 Å². The summed E-state index contributed by atoms with van der Waals surface area (Å²) in [5, 5.41) is 3.08. The number of urea groups is 1. The monoisotopic (exact) mass is 359 g/mol. The second-order valence-electron chi connectivity index (χ2n) is 7.84. The molecule has 144 valence electrons. The van der Waals surface area contributed by atoms with E-state index in [9.17, 15) is 4.79 Å². The minimum atomic E-state index is 0.0347. The van der Waals surface area contributed by atoms with E-state index in [0.29, 0.717) is 6.04 Å². The molecule has 0 radical (unpaired) electrons. The normalized spacial score (nSPS) is 22.7. The fourth-order valence-corrected chi connectivity index (χ4v) is 4.05. The molecule has 1 aromatic carbocycles. The molecule has 1 aromatic rings. The van der Waals surface area contributed by atoms with Crippen LogP contribution in [0, 0.1) is 5.92 Å². The van der Waals surface area contributed by atoms with Crippen molar-refractivity contribution >= 4 is 11.7 Å². The standard InChI is InChI=1S/C21H33N3O2/c1-17-11-14-23(15-12-17)16-19-6-4-3-5-13-24(19)21(25)22-18-7-9-20(26-2)10-8-18/h7-10,17,19H,3-6,11-16H2,1-2H3,(H,22,25)/t19-/m1/s1. The number of hydrogen-bond donors (Lipinski definition) is 1. The first-order chi connectivity index (χ1) is 12.7. The van der Waals surface area contributed by atoms with E-state index < -0.39 is 0 Å². The van der Waals surface area contributed by atoms with Crippen molar-refractivity contribution in [1.82, 2.24) is 9.80 Å². The number of benzene rings is 1. The van der Waals surface area contributed by atoms with Crippen LogP contribution < -0.4 is 10.1 Å². The zero-order chi connectivity index (χ0) is 18.4. The molecule has 1 N–H and O–H groups in total. The Morgan fingerprint density at radius 2 is 1.81 bits per heavy atom. The zero-order valence-electron chi connectivity index (χ0n) is 16.2. The van der Waals surface area contributed by atoms with Gasteiger partial charge in [0, 0.05) is 24.8 Å². The molecule has 26 heavy (non-hydrogen) atoms. The minimum absolute atomic E-state index is 0.0347. The van der Waals surface area contributed by atoms with E-state index in [4.69, 9.17) is 4.74 Å². The Morgan fingerprint density at radius 1 is 1.08 bits per heavy atom. The molecule has 5 heteroatoms. The van der Waals surface area contributed by atoms with E-state index in [0.717, 1.165) is 43.3 Å². The Hall–Kier alpha value is -1.75. The van der Waals surface area contributed by atoms with E-state index in [1.807, 2.05) is 24.3 Å². The average molecular weight is 360 g/mol. The highest BCUT2D eigenvalue weighted by Crippen LogP contribution is 2.23. The molecule has 2 saturated heterocycles. The maximum atomic E-state index is 12.9. The molecule has 2 heterocycles. The predicted molar refractivity (Wildman–Crippen MR) is 106 cm³/mol. The summed E-state index contributed by atoms with van der Waals surface area (Å²) >= 11 is 0. The fraction of sp³-hybridized carbons (Fsp3) is 0.667. The summed E-state index contributed by atoms with van der Waals surface area (Å²) in [7, 11) is 1.65. The summed E-state index contributed by atoms with van der Waals surface area (Å²) in [6, 6.07) is 7.91. The van der Waals surface area contributed by atoms with Crippen LogP contribution in [0.5, 0.6) is 5.75 Å². The number of carbonyl (C=O) groups is 1. The maximum absolute atomic E-state index is 12.9. The van der Waals surface area contributed by atoms with Crippen LogP contribution in [0.1, 0.15) is 45.4 Å². The molecule has 0 unspecified atom stereocenters. The van der Waals surface area contributed by atoms with Gasteiger partial charge in [-0.2, -0.15) is 0 Å². The number of carbonyl (C=O) groups excluding carboxylic acids is 1. The highest BCUT2D eigenvalue weighted by atomic mass is 16.5. The third kappa shape index (κ3) is 5.13. The number of hydrogen-bond acceptors (Lipinski definition) is 3. The van der Waals surface area contributed by atoms with Crippen LogP contribution in [-0.2, 0) is 0 Å². The van der Waals surface area contributed by atoms with Gasteiger partial charge in [0.1, 0.15) is 5.75 Å². The number of rotatable bonds is 4. The number of methoxy groups -OCH3 is 1. The van der Waals surface area contributed by atoms with Gasteiger partial charge in [-0.25, -0.2) is 4.79 Å². The Labute approximate surface area is 157 Å². The fourth-order valence-electron chi connectivity index (χ4n) is 4.05. The Morgan fingerprint density at radius 3 is 2.50 bits per heavy atom. The first-order valence-electron chi connectivity index (χ1n) is 10.1. The maximum Gasteiger partial charge on any atom is 0.322 e. The number of ether oxygens (including phenoxy) is 1. The Bertz CT molecular complexity index is 567. The first kappa shape index (κ1) is 19.0. The average Bonchev–Trinajstić information content (AvgIpc) is 2.90. The SMILES string of the molecule is COc1ccc(NC(=O)N2CCCCC[C@@H]2CN2CCC(C)CC2)cc1. The van der Waals surface area contributed by atoms with Crippen molar-refractivity contribution in [1.29, 1.82) is 0 Å². The van der Waals surface area contributed by atoms with Gasteiger partial charge in [0.05, 0.1) is 7.11 Å². The van der Waals surface area contributed by atoms with Crippen LogP contribution in [0.4, 0.5) is 10.5 Å². The van der Waals surface area contributed by atoms with Crippen LogP contribution in [0.3, 0.4) is 0 Å². The lowest BCUT2D eigenvalue weighted by atomic mass is 9.98. The molecular weight excluding hydrogens is 326 g/mol. The van der Waals surface area contributed by atoms with Crippen molar-refractivity contribution in [3.63, 3.8) is 0 Å². The molecular formula is C21H33N3O2. The highest BCUT2D eigenvalue weighted by molar-refractivity contribution is 5.89. The van der Waals surface area contributed by atoms with Crippen LogP contribution in [0.2, 0.25) is 0 Å². The largest absolute Gasteiger partial charge is 0.497 e. The van der Waals surface area contributed by atoms with E-state index in [2.05, 4.69) is 22.0 Å². The highest BCUT2D eigenvalue weighted by Gasteiger charge is 2.28. The van der Waals surface area contributed by atoms with Gasteiger partial charge in [-0.1, -0.05) is 19.8 Å². The molecule has 0 spiro atoms. The van der Waals surface area contributed by atoms with Gasteiger partial charge in [-0.05, 0) is 69.0 Å². The Balaban J connectivity index is 1.62. The summed E-state index contributed by atoms with van der Waals surface area (Å²) in [4.78, 5) is 17.6. The summed E-state index contributed by atoms with van der Waals surface area (Å²) < 4.78 is 5.19. The van der Waals surface area contributed by atoms with Crippen LogP contribution in [0.15, 0.2) is 24.3 Å². The lowest BCUT2D eigenvalue weighted by Crippen LogP contribution is -2.49. The van der Waals surface area contributed by atoms with E-state index in [1.165, 1.54) is 38.8 Å². The first-order valence-corrected chi connectivity index (χ1v) is 10.1. The minimum Gasteiger partial charge on any atom is -0.497 e. The lowest BCUT2D eigenvalue weighted by Gasteiger charge is -2.37. The van der Waals surface area contributed by atoms with Crippen molar-refractivity contribution in [2.45, 2.75) is 51.5 Å². The lowest BCUT2D eigenvalue weighted by molar-refractivity contribution is 0.129. The third-order valence-electron chi connectivity index (χ3n) is 5.82. The molecule has 2 fully saturated rings. The van der Waals surface area contributed by atoms with Crippen LogP contribution >= 0.6 is 0 Å². The van der Waals surface area contributed by atoms with Crippen LogP contribution in [-0.4, -0.2) is 55.2 Å². The summed E-state index contributed by atoms with van der Waals surface area (Å²) in [5.74, 6) is 1.64. The second-order valence-corrected chi connectivity index (χ2v) is 7.84. The summed E-state index contributed by atoms with van der Waals surface area (Å²) in [6.07, 6.45) is 7.22. The molecule has 0 aliphatic carbocycles. The quantitative estimate of drug-likeness (QED) is 0.876. The molecule has 5 nitrogen and oxygen atoms in total. The summed E-state index contributed by atoms with van der Waals surface area (Å²) in [5.41, 5.74) is 0.825. The molecule has 2 aliphatic heterocycles. The van der Waals surface area contributed by atoms with Crippen molar-refractivity contribution in [2.75, 3.05) is 38.6 Å². The summed E-state index contributed by atoms with van der Waals surface area (Å²) in [6.45, 7) is 6.56. The van der Waals surface area contributed by atoms with Gasteiger partial charge in [0.15, 0.2) is 0 Å². The van der Waals surface area contributed by atoms with Gasteiger partial charge >= 0.3 is 6.03 Å². The van der Waals surface area contributed by atoms with Crippen molar-refractivity contribution in [3.8, 4) is 5.75 Å². The number of amides is 2. The number of piperidine rings is 1. The molecule has 0 bridgehead atoms. The molecule has 2 aliphatic rings. The number of nitrogens with zero attached hydrogens (tertiary/aromatic N) is 2. The number of nitrogens with one attached hydrogen (secondary N) is 1. The third-order valence-corrected chi connectivity index (χ3v) is 5.82. The van der Waals surface area contributed by atoms with Gasteiger partial charge in [-0.15, -0.1) is 0 Å². The molecule has 0 aromatic heterocycles. The smallest absolute Gasteiger partial charge is 0.322 e. The molecule has 3 rings (SSSR count). The number of likely N-dealkylation sites (tertiary alicyclic amines) is 2. The van der Waals surface area contributed by atoms with Gasteiger partial charge in [-0.3, -0.25) is 0 Å². The predicted octanol–water partition coefficient (Wildman–Crippen LogP) is 4.20. The molecule has 1 atom stereocenters. The van der Waals surface area contributed by atoms with E-state index >= 15 is 0 Å². The van der Waals surface area contributed by atoms with Gasteiger partial charge in [0.25, 0.3) is 0 Å². The van der Waals surface area contributed by atoms with Crippen molar-refractivity contribution in [3.05, 3.63) is 24.3 Å². The van der Waals surface area contributed by atoms with Gasteiger partial charge in [0.2, 0.25) is 0 Å². The zero-order valence-corrected chi connectivity index (χ0v) is 16.2. The topological polar surface area (TPSA) is 44.8 Å². The molecule has 2 amide bonds. The van der Waals surface area contributed by atoms with Gasteiger partial charge < -0.3 is 19.9 Å². The van der Waals surface area contributed by atoms with E-state index in [-0.39, 0.29) is 6.03 Å².